The van der Waals surface area contributed by atoms with Gasteiger partial charge in [-0.1, -0.05) is 0 Å². The lowest BCUT2D eigenvalue weighted by atomic mass is 10.3. The normalized spacial score (nSPS) is 10.2. The molecule has 1 aromatic heterocycles. The Morgan fingerprint density at radius 2 is 2.11 bits per heavy atom. The zero-order valence-corrected chi connectivity index (χ0v) is 11.5. The molecular weight excluding hydrogens is 297 g/mol. The van der Waals surface area contributed by atoms with Crippen LogP contribution >= 0.6 is 15.9 Å². The third kappa shape index (κ3) is 3.20. The molecule has 2 aromatic rings. The summed E-state index contributed by atoms with van der Waals surface area (Å²) in [7, 11) is 0. The van der Waals surface area contributed by atoms with Crippen LogP contribution in [0.2, 0.25) is 0 Å². The minimum atomic E-state index is -0.268. The van der Waals surface area contributed by atoms with Crippen molar-refractivity contribution in [2.24, 2.45) is 0 Å². The average Bonchev–Trinajstić information content (AvgIpc) is 2.34. The molecule has 0 saturated carbocycles. The predicted molar refractivity (Wildman–Crippen MR) is 75.8 cm³/mol. The van der Waals surface area contributed by atoms with Crippen LogP contribution in [-0.2, 0) is 0 Å². The molecule has 0 bridgehead atoms. The maximum Gasteiger partial charge on any atom is 0.127 e. The van der Waals surface area contributed by atoms with Crippen molar-refractivity contribution in [1.29, 1.82) is 0 Å². The van der Waals surface area contributed by atoms with Gasteiger partial charge in [0.1, 0.15) is 11.6 Å². The smallest absolute Gasteiger partial charge is 0.127 e. The Balaban J connectivity index is 2.20. The van der Waals surface area contributed by atoms with E-state index in [1.54, 1.807) is 12.3 Å². The molecule has 1 aromatic carbocycles. The second kappa shape index (κ2) is 5.82. The van der Waals surface area contributed by atoms with E-state index in [0.717, 1.165) is 23.7 Å². The molecule has 0 atom stereocenters. The van der Waals surface area contributed by atoms with Crippen LogP contribution in [0.1, 0.15) is 6.92 Å². The van der Waals surface area contributed by atoms with Gasteiger partial charge >= 0.3 is 0 Å². The molecule has 0 radical (unpaired) electrons. The molecule has 0 aliphatic carbocycles. The van der Waals surface area contributed by atoms with Crippen molar-refractivity contribution in [3.8, 4) is 0 Å². The van der Waals surface area contributed by atoms with Crippen molar-refractivity contribution in [3.05, 3.63) is 46.8 Å². The molecule has 18 heavy (non-hydrogen) atoms. The Bertz CT molecular complexity index is 546. The van der Waals surface area contributed by atoms with Gasteiger partial charge in [0, 0.05) is 29.0 Å². The number of hydrogen-bond donors (Lipinski definition) is 2. The van der Waals surface area contributed by atoms with Crippen molar-refractivity contribution in [2.75, 3.05) is 17.2 Å². The van der Waals surface area contributed by atoms with Crippen molar-refractivity contribution < 1.29 is 4.39 Å². The van der Waals surface area contributed by atoms with Crippen LogP contribution in [0.4, 0.5) is 21.6 Å². The van der Waals surface area contributed by atoms with E-state index in [4.69, 9.17) is 0 Å². The Morgan fingerprint density at radius 3 is 2.83 bits per heavy atom. The number of nitrogens with zero attached hydrogens (tertiary/aromatic N) is 1. The van der Waals surface area contributed by atoms with E-state index >= 15 is 0 Å². The van der Waals surface area contributed by atoms with Crippen molar-refractivity contribution in [1.82, 2.24) is 4.98 Å². The molecule has 0 amide bonds. The molecule has 0 spiro atoms. The first kappa shape index (κ1) is 12.8. The number of aromatic nitrogens is 1. The number of benzene rings is 1. The van der Waals surface area contributed by atoms with Gasteiger partial charge in [-0.15, -0.1) is 0 Å². The summed E-state index contributed by atoms with van der Waals surface area (Å²) in [5.74, 6) is 0.538. The minimum Gasteiger partial charge on any atom is -0.370 e. The SMILES string of the molecule is CCNc1cc(Nc2ccc(F)cc2Br)ccn1. The van der Waals surface area contributed by atoms with Gasteiger partial charge in [-0.05, 0) is 47.1 Å². The van der Waals surface area contributed by atoms with Gasteiger partial charge in [-0.25, -0.2) is 9.37 Å². The lowest BCUT2D eigenvalue weighted by Crippen LogP contribution is -2.00. The largest absolute Gasteiger partial charge is 0.370 e. The lowest BCUT2D eigenvalue weighted by Gasteiger charge is -2.10. The van der Waals surface area contributed by atoms with Crippen molar-refractivity contribution in [2.45, 2.75) is 6.92 Å². The predicted octanol–water partition coefficient (Wildman–Crippen LogP) is 4.16. The topological polar surface area (TPSA) is 37.0 Å². The minimum absolute atomic E-state index is 0.268. The first-order chi connectivity index (χ1) is 8.69. The molecule has 5 heteroatoms. The number of nitrogens with one attached hydrogen (secondary N) is 2. The van der Waals surface area contributed by atoms with Crippen LogP contribution in [0.15, 0.2) is 41.0 Å². The van der Waals surface area contributed by atoms with E-state index in [0.29, 0.717) is 4.47 Å². The summed E-state index contributed by atoms with van der Waals surface area (Å²) in [6.45, 7) is 2.83. The fourth-order valence-electron chi connectivity index (χ4n) is 1.53. The Kier molecular flexibility index (Phi) is 4.15. The highest BCUT2D eigenvalue weighted by molar-refractivity contribution is 9.10. The van der Waals surface area contributed by atoms with Crippen molar-refractivity contribution >= 4 is 33.1 Å². The molecule has 0 aliphatic heterocycles. The summed E-state index contributed by atoms with van der Waals surface area (Å²) in [4.78, 5) is 4.18. The highest BCUT2D eigenvalue weighted by Gasteiger charge is 2.02. The quantitative estimate of drug-likeness (QED) is 0.890. The molecule has 0 saturated heterocycles. The van der Waals surface area contributed by atoms with E-state index in [1.165, 1.54) is 12.1 Å². The first-order valence-electron chi connectivity index (χ1n) is 5.61. The molecule has 94 valence electrons. The van der Waals surface area contributed by atoms with Gasteiger partial charge in [0.15, 0.2) is 0 Å². The van der Waals surface area contributed by atoms with Crippen LogP contribution in [0.3, 0.4) is 0 Å². The van der Waals surface area contributed by atoms with Gasteiger partial charge in [0.05, 0.1) is 5.69 Å². The lowest BCUT2D eigenvalue weighted by molar-refractivity contribution is 0.627. The van der Waals surface area contributed by atoms with Gasteiger partial charge in [-0.2, -0.15) is 0 Å². The monoisotopic (exact) mass is 309 g/mol. The summed E-state index contributed by atoms with van der Waals surface area (Å²) < 4.78 is 13.7. The van der Waals surface area contributed by atoms with Crippen LogP contribution < -0.4 is 10.6 Å². The molecule has 3 nitrogen and oxygen atoms in total. The number of halogens is 2. The van der Waals surface area contributed by atoms with Crippen LogP contribution in [0.5, 0.6) is 0 Å². The third-order valence-corrected chi connectivity index (χ3v) is 2.98. The maximum absolute atomic E-state index is 13.0. The van der Waals surface area contributed by atoms with E-state index in [-0.39, 0.29) is 5.82 Å². The van der Waals surface area contributed by atoms with E-state index < -0.39 is 0 Å². The van der Waals surface area contributed by atoms with E-state index in [2.05, 4.69) is 31.5 Å². The van der Waals surface area contributed by atoms with Crippen LogP contribution in [0.25, 0.3) is 0 Å². The fraction of sp³-hybridized carbons (Fsp3) is 0.154. The summed E-state index contributed by atoms with van der Waals surface area (Å²) in [6.07, 6.45) is 1.72. The number of anilines is 3. The third-order valence-electron chi connectivity index (χ3n) is 2.33. The van der Waals surface area contributed by atoms with Gasteiger partial charge in [0.25, 0.3) is 0 Å². The van der Waals surface area contributed by atoms with Gasteiger partial charge in [0.2, 0.25) is 0 Å². The number of pyridine rings is 1. The van der Waals surface area contributed by atoms with Gasteiger partial charge in [-0.3, -0.25) is 0 Å². The molecule has 2 rings (SSSR count). The second-order valence-electron chi connectivity index (χ2n) is 3.71. The fourth-order valence-corrected chi connectivity index (χ4v) is 1.98. The Morgan fingerprint density at radius 1 is 1.28 bits per heavy atom. The zero-order valence-electron chi connectivity index (χ0n) is 9.87. The highest BCUT2D eigenvalue weighted by Crippen LogP contribution is 2.27. The summed E-state index contributed by atoms with van der Waals surface area (Å²) >= 11 is 3.32. The second-order valence-corrected chi connectivity index (χ2v) is 4.56. The van der Waals surface area contributed by atoms with E-state index in [9.17, 15) is 4.39 Å². The van der Waals surface area contributed by atoms with Crippen molar-refractivity contribution in [3.63, 3.8) is 0 Å². The van der Waals surface area contributed by atoms with Gasteiger partial charge < -0.3 is 10.6 Å². The maximum atomic E-state index is 13.0. The summed E-state index contributed by atoms with van der Waals surface area (Å²) in [5.41, 5.74) is 1.71. The molecule has 1 heterocycles. The number of rotatable bonds is 4. The molecule has 0 fully saturated rings. The average molecular weight is 310 g/mol. The van der Waals surface area contributed by atoms with Crippen LogP contribution in [0, 0.1) is 5.82 Å². The zero-order chi connectivity index (χ0) is 13.0. The molecular formula is C13H13BrFN3. The molecule has 0 unspecified atom stereocenters. The summed E-state index contributed by atoms with van der Waals surface area (Å²) in [6, 6.07) is 8.29. The highest BCUT2D eigenvalue weighted by atomic mass is 79.9. The first-order valence-corrected chi connectivity index (χ1v) is 6.40. The Hall–Kier alpha value is -1.62. The summed E-state index contributed by atoms with van der Waals surface area (Å²) in [5, 5.41) is 6.34. The Labute approximate surface area is 114 Å². The standard InChI is InChI=1S/C13H13BrFN3/c1-2-16-13-8-10(5-6-17-13)18-12-4-3-9(15)7-11(12)14/h3-8H,2H2,1H3,(H2,16,17,18). The number of hydrogen-bond acceptors (Lipinski definition) is 3. The molecule has 0 aliphatic rings. The molecule has 2 N–H and O–H groups in total. The van der Waals surface area contributed by atoms with E-state index in [1.807, 2.05) is 19.1 Å². The van der Waals surface area contributed by atoms with Crippen LogP contribution in [-0.4, -0.2) is 11.5 Å².